The molecule has 0 aliphatic heterocycles. The lowest BCUT2D eigenvalue weighted by molar-refractivity contribution is 0.401. The maximum Gasteiger partial charge on any atom is 0.242 e. The summed E-state index contributed by atoms with van der Waals surface area (Å²) >= 11 is 5.86. The normalized spacial score (nSPS) is 19.5. The van der Waals surface area contributed by atoms with E-state index in [2.05, 4.69) is 4.72 Å². The van der Waals surface area contributed by atoms with Crippen molar-refractivity contribution in [3.05, 3.63) is 23.2 Å². The Labute approximate surface area is 124 Å². The van der Waals surface area contributed by atoms with Crippen LogP contribution in [-0.4, -0.2) is 15.0 Å². The number of sulfonamides is 1. The predicted octanol–water partition coefficient (Wildman–Crippen LogP) is 2.64. The van der Waals surface area contributed by atoms with Gasteiger partial charge in [0.2, 0.25) is 10.0 Å². The Bertz CT molecular complexity index is 598. The fourth-order valence-corrected chi connectivity index (χ4v) is 4.26. The summed E-state index contributed by atoms with van der Waals surface area (Å²) in [6.07, 6.45) is 4.95. The van der Waals surface area contributed by atoms with Gasteiger partial charge < -0.3 is 5.73 Å². The molecule has 2 aliphatic rings. The molecule has 1 aromatic carbocycles. The number of anilines is 1. The minimum absolute atomic E-state index is 0.0790. The first kappa shape index (κ1) is 14.2. The minimum atomic E-state index is -3.58. The summed E-state index contributed by atoms with van der Waals surface area (Å²) in [5.74, 6) is 1.91. The van der Waals surface area contributed by atoms with Crippen LogP contribution in [-0.2, 0) is 10.0 Å². The van der Waals surface area contributed by atoms with Crippen molar-refractivity contribution < 1.29 is 8.42 Å². The van der Waals surface area contributed by atoms with Crippen LogP contribution in [0.5, 0.6) is 0 Å². The van der Waals surface area contributed by atoms with Crippen LogP contribution in [0, 0.1) is 17.8 Å². The molecule has 6 heteroatoms. The number of hydrogen-bond acceptors (Lipinski definition) is 3. The Morgan fingerprint density at radius 1 is 1.25 bits per heavy atom. The van der Waals surface area contributed by atoms with Crippen molar-refractivity contribution in [3.8, 4) is 0 Å². The zero-order valence-corrected chi connectivity index (χ0v) is 12.8. The average molecular weight is 315 g/mol. The third-order valence-corrected chi connectivity index (χ3v) is 5.94. The van der Waals surface area contributed by atoms with Crippen molar-refractivity contribution in [2.75, 3.05) is 12.3 Å². The maximum atomic E-state index is 12.3. The SMILES string of the molecule is Nc1ccc(Cl)cc1S(=O)(=O)NCC(C1CC1)C1CC1. The molecule has 0 radical (unpaired) electrons. The van der Waals surface area contributed by atoms with E-state index >= 15 is 0 Å². The number of benzene rings is 1. The standard InChI is InChI=1S/C14H19ClN2O2S/c15-11-5-6-13(16)14(7-11)20(18,19)17-8-12(9-1-2-9)10-3-4-10/h5-7,9-10,12,17H,1-4,8,16H2. The third kappa shape index (κ3) is 3.10. The third-order valence-electron chi connectivity index (χ3n) is 4.23. The van der Waals surface area contributed by atoms with Gasteiger partial charge in [-0.1, -0.05) is 11.6 Å². The lowest BCUT2D eigenvalue weighted by Gasteiger charge is -2.17. The molecule has 3 rings (SSSR count). The highest BCUT2D eigenvalue weighted by Crippen LogP contribution is 2.48. The minimum Gasteiger partial charge on any atom is -0.398 e. The highest BCUT2D eigenvalue weighted by atomic mass is 35.5. The van der Waals surface area contributed by atoms with E-state index in [1.54, 1.807) is 6.07 Å². The second-order valence-electron chi connectivity index (χ2n) is 5.87. The van der Waals surface area contributed by atoms with Crippen molar-refractivity contribution in [2.45, 2.75) is 30.6 Å². The summed E-state index contributed by atoms with van der Waals surface area (Å²) in [4.78, 5) is 0.0790. The Morgan fingerprint density at radius 3 is 2.40 bits per heavy atom. The first-order chi connectivity index (χ1) is 9.47. The van der Waals surface area contributed by atoms with Crippen molar-refractivity contribution in [2.24, 2.45) is 17.8 Å². The van der Waals surface area contributed by atoms with Gasteiger partial charge >= 0.3 is 0 Å². The summed E-state index contributed by atoms with van der Waals surface area (Å²) in [5, 5.41) is 0.375. The van der Waals surface area contributed by atoms with Gasteiger partial charge in [0, 0.05) is 11.6 Å². The van der Waals surface area contributed by atoms with E-state index in [4.69, 9.17) is 17.3 Å². The number of halogens is 1. The highest BCUT2D eigenvalue weighted by molar-refractivity contribution is 7.89. The second-order valence-corrected chi connectivity index (χ2v) is 8.04. The van der Waals surface area contributed by atoms with Crippen LogP contribution < -0.4 is 10.5 Å². The number of hydrogen-bond donors (Lipinski definition) is 2. The van der Waals surface area contributed by atoms with E-state index in [1.165, 1.54) is 37.8 Å². The first-order valence-corrected chi connectivity index (χ1v) is 8.88. The molecule has 0 spiro atoms. The van der Waals surface area contributed by atoms with E-state index in [1.807, 2.05) is 0 Å². The van der Waals surface area contributed by atoms with Crippen LogP contribution in [0.3, 0.4) is 0 Å². The Morgan fingerprint density at radius 2 is 1.85 bits per heavy atom. The second kappa shape index (κ2) is 5.20. The van der Waals surface area contributed by atoms with Crippen LogP contribution in [0.15, 0.2) is 23.1 Å². The smallest absolute Gasteiger partial charge is 0.242 e. The fraction of sp³-hybridized carbons (Fsp3) is 0.571. The number of nitrogens with two attached hydrogens (primary N) is 1. The van der Waals surface area contributed by atoms with Crippen LogP contribution in [0.2, 0.25) is 5.02 Å². The van der Waals surface area contributed by atoms with Crippen LogP contribution >= 0.6 is 11.6 Å². The predicted molar refractivity (Wildman–Crippen MR) is 80.0 cm³/mol. The summed E-state index contributed by atoms with van der Waals surface area (Å²) in [5.41, 5.74) is 5.98. The van der Waals surface area contributed by atoms with Gasteiger partial charge in [-0.25, -0.2) is 13.1 Å². The molecule has 3 N–H and O–H groups in total. The molecule has 0 saturated heterocycles. The van der Waals surface area contributed by atoms with Crippen LogP contribution in [0.1, 0.15) is 25.7 Å². The van der Waals surface area contributed by atoms with Gasteiger partial charge in [-0.3, -0.25) is 0 Å². The first-order valence-electron chi connectivity index (χ1n) is 7.02. The topological polar surface area (TPSA) is 72.2 Å². The molecule has 110 valence electrons. The molecule has 0 atom stereocenters. The van der Waals surface area contributed by atoms with E-state index in [0.29, 0.717) is 29.3 Å². The largest absolute Gasteiger partial charge is 0.398 e. The van der Waals surface area contributed by atoms with Crippen molar-refractivity contribution in [3.63, 3.8) is 0 Å². The molecule has 2 saturated carbocycles. The molecule has 0 heterocycles. The Kier molecular flexibility index (Phi) is 3.69. The molecule has 2 aliphatic carbocycles. The average Bonchev–Trinajstić information content (AvgIpc) is 3.25. The van der Waals surface area contributed by atoms with Crippen LogP contribution in [0.4, 0.5) is 5.69 Å². The fourth-order valence-electron chi connectivity index (χ4n) is 2.79. The lowest BCUT2D eigenvalue weighted by atomic mass is 9.99. The van der Waals surface area contributed by atoms with Gasteiger partial charge in [0.05, 0.1) is 5.69 Å². The molecule has 0 bridgehead atoms. The lowest BCUT2D eigenvalue weighted by Crippen LogP contribution is -2.31. The summed E-state index contributed by atoms with van der Waals surface area (Å²) < 4.78 is 27.4. The van der Waals surface area contributed by atoms with E-state index in [-0.39, 0.29) is 10.6 Å². The monoisotopic (exact) mass is 314 g/mol. The summed E-state index contributed by atoms with van der Waals surface area (Å²) in [6, 6.07) is 4.52. The molecule has 4 nitrogen and oxygen atoms in total. The molecular weight excluding hydrogens is 296 g/mol. The van der Waals surface area contributed by atoms with Crippen LogP contribution in [0.25, 0.3) is 0 Å². The summed E-state index contributed by atoms with van der Waals surface area (Å²) in [6.45, 7) is 0.517. The molecule has 0 aromatic heterocycles. The number of rotatable bonds is 6. The molecule has 20 heavy (non-hydrogen) atoms. The quantitative estimate of drug-likeness (QED) is 0.793. The number of nitrogens with one attached hydrogen (secondary N) is 1. The van der Waals surface area contributed by atoms with Gasteiger partial charge in [-0.2, -0.15) is 0 Å². The Balaban J connectivity index is 1.73. The molecule has 0 amide bonds. The Hall–Kier alpha value is -0.780. The van der Waals surface area contributed by atoms with Crippen molar-refractivity contribution in [1.82, 2.24) is 4.72 Å². The van der Waals surface area contributed by atoms with E-state index in [0.717, 1.165) is 0 Å². The number of nitrogen functional groups attached to an aromatic ring is 1. The van der Waals surface area contributed by atoms with Gasteiger partial charge in [0.25, 0.3) is 0 Å². The summed E-state index contributed by atoms with van der Waals surface area (Å²) in [7, 11) is -3.58. The highest BCUT2D eigenvalue weighted by Gasteiger charge is 2.41. The molecule has 2 fully saturated rings. The van der Waals surface area contributed by atoms with Gasteiger partial charge in [-0.05, 0) is 61.6 Å². The van der Waals surface area contributed by atoms with Crippen molar-refractivity contribution in [1.29, 1.82) is 0 Å². The molecule has 1 aromatic rings. The van der Waals surface area contributed by atoms with Gasteiger partial charge in [0.1, 0.15) is 4.90 Å². The maximum absolute atomic E-state index is 12.3. The van der Waals surface area contributed by atoms with Gasteiger partial charge in [0.15, 0.2) is 0 Å². The molecule has 0 unspecified atom stereocenters. The van der Waals surface area contributed by atoms with Crippen molar-refractivity contribution >= 4 is 27.3 Å². The van der Waals surface area contributed by atoms with Gasteiger partial charge in [-0.15, -0.1) is 0 Å². The van der Waals surface area contributed by atoms with E-state index < -0.39 is 10.0 Å². The van der Waals surface area contributed by atoms with E-state index in [9.17, 15) is 8.42 Å². The zero-order valence-electron chi connectivity index (χ0n) is 11.2. The zero-order chi connectivity index (χ0) is 14.3. The molecular formula is C14H19ClN2O2S.